The Morgan fingerprint density at radius 2 is 2.04 bits per heavy atom. The Hall–Kier alpha value is -3.17. The number of fused-ring (bicyclic) bond motifs is 1. The molecule has 0 spiro atoms. The van der Waals surface area contributed by atoms with Crippen molar-refractivity contribution in [1.29, 1.82) is 5.26 Å². The Balaban J connectivity index is 1.86. The molecule has 0 aliphatic heterocycles. The molecule has 0 aliphatic carbocycles. The molecule has 0 saturated carbocycles. The summed E-state index contributed by atoms with van der Waals surface area (Å²) in [5.74, 6) is -0.374. The lowest BCUT2D eigenvalue weighted by molar-refractivity contribution is 0.101. The summed E-state index contributed by atoms with van der Waals surface area (Å²) in [6.45, 7) is 3.91. The zero-order valence-corrected chi connectivity index (χ0v) is 15.7. The van der Waals surface area contributed by atoms with E-state index in [-0.39, 0.29) is 17.1 Å². The van der Waals surface area contributed by atoms with E-state index in [1.54, 1.807) is 36.4 Å². The fraction of sp³-hybridized carbons (Fsp3) is 0.143. The molecule has 0 aliphatic rings. The number of Topliss-reactive ketones (excluding diaryl/α,β-unsaturated/α-hetero) is 1. The minimum Gasteiger partial charge on any atom is -0.422 e. The number of rotatable bonds is 5. The third kappa shape index (κ3) is 4.33. The number of carbonyl (C=O) groups excluding carboxylic acids is 1. The largest absolute Gasteiger partial charge is 0.422 e. The number of carbonyl (C=O) groups is 1. The van der Waals surface area contributed by atoms with Crippen molar-refractivity contribution in [3.63, 3.8) is 0 Å². The summed E-state index contributed by atoms with van der Waals surface area (Å²) in [5.41, 5.74) is 1.97. The summed E-state index contributed by atoms with van der Waals surface area (Å²) < 4.78 is 5.21. The normalized spacial score (nSPS) is 10.4. The summed E-state index contributed by atoms with van der Waals surface area (Å²) in [6, 6.07) is 14.1. The number of ketones is 1. The molecule has 0 radical (unpaired) electrons. The Morgan fingerprint density at radius 3 is 2.78 bits per heavy atom. The van der Waals surface area contributed by atoms with E-state index in [0.29, 0.717) is 27.3 Å². The summed E-state index contributed by atoms with van der Waals surface area (Å²) in [6.07, 6.45) is 1.89. The van der Waals surface area contributed by atoms with Crippen LogP contribution >= 0.6 is 11.8 Å². The van der Waals surface area contributed by atoms with Crippen LogP contribution in [0.1, 0.15) is 35.5 Å². The number of pyridine rings is 1. The van der Waals surface area contributed by atoms with Gasteiger partial charge in [-0.15, -0.1) is 0 Å². The van der Waals surface area contributed by atoms with E-state index in [0.717, 1.165) is 17.3 Å². The monoisotopic (exact) mass is 376 g/mol. The van der Waals surface area contributed by atoms with Crippen LogP contribution in [0.3, 0.4) is 0 Å². The van der Waals surface area contributed by atoms with Crippen LogP contribution in [0.5, 0.6) is 0 Å². The highest BCUT2D eigenvalue weighted by molar-refractivity contribution is 8.00. The van der Waals surface area contributed by atoms with Crippen LogP contribution in [0.15, 0.2) is 62.3 Å². The van der Waals surface area contributed by atoms with Gasteiger partial charge in [-0.3, -0.25) is 4.79 Å². The highest BCUT2D eigenvalue weighted by Crippen LogP contribution is 2.23. The first kappa shape index (κ1) is 18.6. The van der Waals surface area contributed by atoms with Gasteiger partial charge < -0.3 is 4.42 Å². The van der Waals surface area contributed by atoms with Gasteiger partial charge in [0.1, 0.15) is 22.2 Å². The van der Waals surface area contributed by atoms with Crippen molar-refractivity contribution < 1.29 is 9.21 Å². The number of allylic oxidation sites excluding steroid dienone is 1. The molecule has 1 aromatic carbocycles. The van der Waals surface area contributed by atoms with Crippen LogP contribution in [-0.2, 0) is 0 Å². The maximum atomic E-state index is 12.5. The van der Waals surface area contributed by atoms with Crippen molar-refractivity contribution in [1.82, 2.24) is 4.98 Å². The van der Waals surface area contributed by atoms with E-state index in [4.69, 9.17) is 4.42 Å². The molecule has 0 unspecified atom stereocenters. The van der Waals surface area contributed by atoms with E-state index < -0.39 is 5.63 Å². The van der Waals surface area contributed by atoms with Crippen LogP contribution in [-0.4, -0.2) is 16.5 Å². The van der Waals surface area contributed by atoms with Crippen molar-refractivity contribution in [3.8, 4) is 6.07 Å². The number of nitriles is 1. The third-order valence-electron chi connectivity index (χ3n) is 3.72. The van der Waals surface area contributed by atoms with Crippen LogP contribution in [0.2, 0.25) is 0 Å². The van der Waals surface area contributed by atoms with E-state index >= 15 is 0 Å². The van der Waals surface area contributed by atoms with E-state index in [2.05, 4.69) is 11.1 Å². The van der Waals surface area contributed by atoms with Gasteiger partial charge in [-0.2, -0.15) is 5.26 Å². The smallest absolute Gasteiger partial charge is 0.347 e. The topological polar surface area (TPSA) is 84.0 Å². The van der Waals surface area contributed by atoms with Crippen molar-refractivity contribution in [2.24, 2.45) is 0 Å². The summed E-state index contributed by atoms with van der Waals surface area (Å²) in [5, 5.41) is 10.4. The average Bonchev–Trinajstić information content (AvgIpc) is 2.65. The maximum absolute atomic E-state index is 12.5. The van der Waals surface area contributed by atoms with Gasteiger partial charge in [0, 0.05) is 5.39 Å². The number of hydrogen-bond donors (Lipinski definition) is 0. The van der Waals surface area contributed by atoms with Crippen molar-refractivity contribution in [3.05, 3.63) is 75.3 Å². The highest BCUT2D eigenvalue weighted by atomic mass is 32.2. The van der Waals surface area contributed by atoms with Gasteiger partial charge in [-0.1, -0.05) is 35.5 Å². The zero-order valence-electron chi connectivity index (χ0n) is 14.9. The number of nitrogens with zero attached hydrogens (tertiary/aromatic N) is 2. The van der Waals surface area contributed by atoms with E-state index in [9.17, 15) is 14.9 Å². The lowest BCUT2D eigenvalue weighted by Gasteiger charge is -2.05. The molecule has 134 valence electrons. The predicted octanol–water partition coefficient (Wildman–Crippen LogP) is 4.46. The second kappa shape index (κ2) is 8.02. The molecule has 6 heteroatoms. The van der Waals surface area contributed by atoms with Gasteiger partial charge in [0.2, 0.25) is 0 Å². The van der Waals surface area contributed by atoms with Gasteiger partial charge in [0.05, 0.1) is 17.0 Å². The lowest BCUT2D eigenvalue weighted by atomic mass is 10.1. The molecule has 0 N–H and O–H groups in total. The molecule has 2 aromatic heterocycles. The fourth-order valence-corrected chi connectivity index (χ4v) is 3.36. The predicted molar refractivity (Wildman–Crippen MR) is 106 cm³/mol. The van der Waals surface area contributed by atoms with E-state index in [1.807, 2.05) is 26.0 Å². The molecular formula is C21H16N2O3S. The van der Waals surface area contributed by atoms with Gasteiger partial charge in [-0.25, -0.2) is 9.78 Å². The number of thioether (sulfide) groups is 1. The van der Waals surface area contributed by atoms with Crippen LogP contribution < -0.4 is 5.63 Å². The number of benzene rings is 1. The molecule has 0 bridgehead atoms. The van der Waals surface area contributed by atoms with Gasteiger partial charge in [0.15, 0.2) is 5.78 Å². The standard InChI is InChI=1S/C21H16N2O3S/c1-13(2)9-16-8-7-15(11-22)20(23-16)27-12-18(24)17-10-14-5-3-4-6-19(14)26-21(17)25/h3-10H,12H2,1-2H3. The number of aromatic nitrogens is 1. The maximum Gasteiger partial charge on any atom is 0.347 e. The average molecular weight is 376 g/mol. The zero-order chi connectivity index (χ0) is 19.4. The Kier molecular flexibility index (Phi) is 5.53. The molecule has 5 nitrogen and oxygen atoms in total. The number of hydrogen-bond acceptors (Lipinski definition) is 6. The minimum atomic E-state index is -0.661. The fourth-order valence-electron chi connectivity index (χ4n) is 2.49. The summed E-state index contributed by atoms with van der Waals surface area (Å²) >= 11 is 1.14. The minimum absolute atomic E-state index is 0.000149. The van der Waals surface area contributed by atoms with Gasteiger partial charge in [-0.05, 0) is 44.2 Å². The number of para-hydroxylation sites is 1. The molecule has 0 fully saturated rings. The summed E-state index contributed by atoms with van der Waals surface area (Å²) in [4.78, 5) is 29.1. The first-order valence-electron chi connectivity index (χ1n) is 8.23. The first-order valence-corrected chi connectivity index (χ1v) is 9.21. The molecular weight excluding hydrogens is 360 g/mol. The third-order valence-corrected chi connectivity index (χ3v) is 4.71. The van der Waals surface area contributed by atoms with E-state index in [1.165, 1.54) is 0 Å². The van der Waals surface area contributed by atoms with Gasteiger partial charge in [0.25, 0.3) is 0 Å². The Morgan fingerprint density at radius 1 is 1.26 bits per heavy atom. The molecule has 0 amide bonds. The van der Waals surface area contributed by atoms with Crippen LogP contribution in [0.4, 0.5) is 0 Å². The lowest BCUT2D eigenvalue weighted by Crippen LogP contribution is -2.15. The molecule has 2 heterocycles. The Labute approximate surface area is 160 Å². The molecule has 27 heavy (non-hydrogen) atoms. The first-order chi connectivity index (χ1) is 13.0. The molecule has 0 saturated heterocycles. The second-order valence-electron chi connectivity index (χ2n) is 6.12. The van der Waals surface area contributed by atoms with Crippen LogP contribution in [0, 0.1) is 11.3 Å². The molecule has 3 rings (SSSR count). The van der Waals surface area contributed by atoms with Crippen LogP contribution in [0.25, 0.3) is 17.0 Å². The molecule has 0 atom stereocenters. The van der Waals surface area contributed by atoms with Gasteiger partial charge >= 0.3 is 5.63 Å². The SMILES string of the molecule is CC(C)=Cc1ccc(C#N)c(SCC(=O)c2cc3ccccc3oc2=O)n1. The van der Waals surface area contributed by atoms with Crippen molar-refractivity contribution in [2.75, 3.05) is 5.75 Å². The van der Waals surface area contributed by atoms with Crippen molar-refractivity contribution >= 4 is 34.6 Å². The quantitative estimate of drug-likeness (QED) is 0.371. The Bertz CT molecular complexity index is 1150. The summed E-state index contributed by atoms with van der Waals surface area (Å²) in [7, 11) is 0. The van der Waals surface area contributed by atoms with Crippen molar-refractivity contribution in [2.45, 2.75) is 18.9 Å². The highest BCUT2D eigenvalue weighted by Gasteiger charge is 2.16. The second-order valence-corrected chi connectivity index (χ2v) is 7.08. The molecule has 3 aromatic rings.